The Balaban J connectivity index is 1.72. The first-order valence-electron chi connectivity index (χ1n) is 8.25. The second kappa shape index (κ2) is 7.67. The number of fused-ring (bicyclic) bond motifs is 1. The standard InChI is InChI=1S/C19H20ClNO3S/c1-24-18(23)19(10-2-3-11-19)21-16(22)12-25-15-9-5-7-13-6-4-8-14(20)17(13)15/h4-9H,2-3,10-12H2,1H3,(H,21,22). The molecule has 132 valence electrons. The van der Waals surface area contributed by atoms with Crippen LogP contribution < -0.4 is 5.32 Å². The van der Waals surface area contributed by atoms with E-state index in [1.165, 1.54) is 18.9 Å². The maximum absolute atomic E-state index is 12.4. The minimum Gasteiger partial charge on any atom is -0.467 e. The smallest absolute Gasteiger partial charge is 0.331 e. The third-order valence-corrected chi connectivity index (χ3v) is 5.96. The first-order chi connectivity index (χ1) is 12.1. The van der Waals surface area contributed by atoms with Gasteiger partial charge in [-0.25, -0.2) is 4.79 Å². The van der Waals surface area contributed by atoms with Gasteiger partial charge in [0.1, 0.15) is 5.54 Å². The van der Waals surface area contributed by atoms with Crippen molar-refractivity contribution in [1.29, 1.82) is 0 Å². The summed E-state index contributed by atoms with van der Waals surface area (Å²) in [6.45, 7) is 0. The number of hydrogen-bond donors (Lipinski definition) is 1. The summed E-state index contributed by atoms with van der Waals surface area (Å²) in [6.07, 6.45) is 3.11. The average molecular weight is 378 g/mol. The summed E-state index contributed by atoms with van der Waals surface area (Å²) in [5.74, 6) is -0.291. The van der Waals surface area contributed by atoms with Gasteiger partial charge in [0, 0.05) is 15.3 Å². The average Bonchev–Trinajstić information content (AvgIpc) is 3.09. The van der Waals surface area contributed by atoms with Gasteiger partial charge in [0.25, 0.3) is 0 Å². The molecule has 0 bridgehead atoms. The number of carbonyl (C=O) groups excluding carboxylic acids is 2. The minimum absolute atomic E-state index is 0.165. The molecule has 0 aromatic heterocycles. The number of benzene rings is 2. The van der Waals surface area contributed by atoms with E-state index in [9.17, 15) is 9.59 Å². The summed E-state index contributed by atoms with van der Waals surface area (Å²) in [5, 5.41) is 5.57. The van der Waals surface area contributed by atoms with E-state index in [-0.39, 0.29) is 17.6 Å². The van der Waals surface area contributed by atoms with Crippen molar-refractivity contribution in [1.82, 2.24) is 5.32 Å². The topological polar surface area (TPSA) is 55.4 Å². The molecular formula is C19H20ClNO3S. The Morgan fingerprint density at radius 2 is 1.88 bits per heavy atom. The van der Waals surface area contributed by atoms with E-state index in [1.807, 2.05) is 36.4 Å². The number of carbonyl (C=O) groups is 2. The highest BCUT2D eigenvalue weighted by Crippen LogP contribution is 2.34. The maximum atomic E-state index is 12.4. The highest BCUT2D eigenvalue weighted by molar-refractivity contribution is 8.00. The lowest BCUT2D eigenvalue weighted by Crippen LogP contribution is -2.53. The minimum atomic E-state index is -0.858. The molecule has 1 amide bonds. The van der Waals surface area contributed by atoms with Crippen LogP contribution in [-0.4, -0.2) is 30.3 Å². The van der Waals surface area contributed by atoms with Crippen LogP contribution in [0.25, 0.3) is 10.8 Å². The highest BCUT2D eigenvalue weighted by atomic mass is 35.5. The van der Waals surface area contributed by atoms with Gasteiger partial charge in [-0.1, -0.05) is 48.7 Å². The Labute approximate surface area is 156 Å². The molecule has 0 radical (unpaired) electrons. The normalized spacial score (nSPS) is 15.9. The second-order valence-electron chi connectivity index (χ2n) is 6.21. The summed E-state index contributed by atoms with van der Waals surface area (Å²) >= 11 is 7.75. The molecule has 2 aromatic rings. The monoisotopic (exact) mass is 377 g/mol. The Kier molecular flexibility index (Phi) is 5.54. The van der Waals surface area contributed by atoms with E-state index in [0.717, 1.165) is 28.5 Å². The molecule has 0 atom stereocenters. The van der Waals surface area contributed by atoms with Gasteiger partial charge in [-0.15, -0.1) is 11.8 Å². The molecule has 0 aliphatic heterocycles. The van der Waals surface area contributed by atoms with Crippen molar-refractivity contribution < 1.29 is 14.3 Å². The number of halogens is 1. The zero-order chi connectivity index (χ0) is 17.9. The molecule has 3 rings (SSSR count). The van der Waals surface area contributed by atoms with Crippen LogP contribution in [0.4, 0.5) is 0 Å². The number of esters is 1. The molecule has 4 nitrogen and oxygen atoms in total. The lowest BCUT2D eigenvalue weighted by molar-refractivity contribution is -0.150. The second-order valence-corrected chi connectivity index (χ2v) is 7.64. The van der Waals surface area contributed by atoms with Crippen LogP contribution in [0, 0.1) is 0 Å². The van der Waals surface area contributed by atoms with E-state index in [1.54, 1.807) is 0 Å². The van der Waals surface area contributed by atoms with E-state index in [2.05, 4.69) is 5.32 Å². The molecule has 25 heavy (non-hydrogen) atoms. The van der Waals surface area contributed by atoms with Crippen LogP contribution in [0.3, 0.4) is 0 Å². The number of nitrogens with one attached hydrogen (secondary N) is 1. The summed E-state index contributed by atoms with van der Waals surface area (Å²) < 4.78 is 4.90. The van der Waals surface area contributed by atoms with Gasteiger partial charge in [-0.3, -0.25) is 4.79 Å². The zero-order valence-corrected chi connectivity index (χ0v) is 15.6. The Hall–Kier alpha value is -1.72. The molecule has 1 N–H and O–H groups in total. The van der Waals surface area contributed by atoms with Crippen molar-refractivity contribution in [2.45, 2.75) is 36.1 Å². The van der Waals surface area contributed by atoms with Crippen LogP contribution in [0.15, 0.2) is 41.3 Å². The first kappa shape index (κ1) is 18.1. The lowest BCUT2D eigenvalue weighted by Gasteiger charge is -2.27. The van der Waals surface area contributed by atoms with Gasteiger partial charge in [0.05, 0.1) is 12.9 Å². The number of methoxy groups -OCH3 is 1. The molecule has 0 unspecified atom stereocenters. The van der Waals surface area contributed by atoms with Crippen molar-refractivity contribution in [2.24, 2.45) is 0 Å². The predicted molar refractivity (Wildman–Crippen MR) is 101 cm³/mol. The number of rotatable bonds is 5. The first-order valence-corrected chi connectivity index (χ1v) is 9.61. The zero-order valence-electron chi connectivity index (χ0n) is 14.0. The van der Waals surface area contributed by atoms with Gasteiger partial charge in [0.15, 0.2) is 0 Å². The van der Waals surface area contributed by atoms with Crippen molar-refractivity contribution in [3.8, 4) is 0 Å². The molecule has 0 spiro atoms. The Bertz CT molecular complexity index is 797. The van der Waals surface area contributed by atoms with Crippen LogP contribution in [-0.2, 0) is 14.3 Å². The number of hydrogen-bond acceptors (Lipinski definition) is 4. The fraction of sp³-hybridized carbons (Fsp3) is 0.368. The number of ether oxygens (including phenoxy) is 1. The number of thioether (sulfide) groups is 1. The van der Waals surface area contributed by atoms with Crippen LogP contribution in [0.1, 0.15) is 25.7 Å². The molecule has 1 aliphatic carbocycles. The van der Waals surface area contributed by atoms with Crippen molar-refractivity contribution in [3.63, 3.8) is 0 Å². The third-order valence-electron chi connectivity index (χ3n) is 4.59. The van der Waals surface area contributed by atoms with Crippen molar-refractivity contribution >= 4 is 46.0 Å². The Morgan fingerprint density at radius 1 is 1.20 bits per heavy atom. The maximum Gasteiger partial charge on any atom is 0.331 e. The van der Waals surface area contributed by atoms with E-state index in [0.29, 0.717) is 17.9 Å². The summed E-state index contributed by atoms with van der Waals surface area (Å²) in [6, 6.07) is 11.7. The lowest BCUT2D eigenvalue weighted by atomic mass is 9.98. The van der Waals surface area contributed by atoms with Gasteiger partial charge in [0.2, 0.25) is 5.91 Å². The van der Waals surface area contributed by atoms with E-state index in [4.69, 9.17) is 16.3 Å². The Morgan fingerprint density at radius 3 is 2.56 bits per heavy atom. The molecule has 0 saturated heterocycles. The quantitative estimate of drug-likeness (QED) is 0.627. The van der Waals surface area contributed by atoms with Crippen LogP contribution in [0.2, 0.25) is 5.02 Å². The largest absolute Gasteiger partial charge is 0.467 e. The summed E-state index contributed by atoms with van der Waals surface area (Å²) in [4.78, 5) is 25.5. The molecular weight excluding hydrogens is 358 g/mol. The molecule has 2 aromatic carbocycles. The van der Waals surface area contributed by atoms with Crippen LogP contribution >= 0.6 is 23.4 Å². The molecule has 6 heteroatoms. The molecule has 1 fully saturated rings. The van der Waals surface area contributed by atoms with Gasteiger partial charge < -0.3 is 10.1 Å². The van der Waals surface area contributed by atoms with Crippen molar-refractivity contribution in [3.05, 3.63) is 41.4 Å². The van der Waals surface area contributed by atoms with Gasteiger partial charge in [-0.2, -0.15) is 0 Å². The molecule has 1 saturated carbocycles. The summed E-state index contributed by atoms with van der Waals surface area (Å²) in [7, 11) is 1.36. The summed E-state index contributed by atoms with van der Waals surface area (Å²) in [5.41, 5.74) is -0.858. The van der Waals surface area contributed by atoms with Crippen LogP contribution in [0.5, 0.6) is 0 Å². The molecule has 0 heterocycles. The number of amides is 1. The fourth-order valence-electron chi connectivity index (χ4n) is 3.38. The van der Waals surface area contributed by atoms with Gasteiger partial charge in [-0.05, 0) is 30.4 Å². The predicted octanol–water partition coefficient (Wildman–Crippen LogP) is 4.19. The van der Waals surface area contributed by atoms with E-state index < -0.39 is 5.54 Å². The van der Waals surface area contributed by atoms with E-state index >= 15 is 0 Å². The van der Waals surface area contributed by atoms with Crippen molar-refractivity contribution in [2.75, 3.05) is 12.9 Å². The molecule has 1 aliphatic rings. The third kappa shape index (κ3) is 3.77. The SMILES string of the molecule is COC(=O)C1(NC(=O)CSc2cccc3cccc(Cl)c23)CCCC1. The fourth-order valence-corrected chi connectivity index (χ4v) is 4.63. The highest BCUT2D eigenvalue weighted by Gasteiger charge is 2.43. The van der Waals surface area contributed by atoms with Gasteiger partial charge >= 0.3 is 5.97 Å².